The number of rotatable bonds is 7. The standard InChI is InChI=1S/C27H33N3O8/c1-27(2,3)38-26(34)30-14-21(22(15-30)29-25(33)37-16-17-9-7-6-8-10-17)23(31)28-19-11-18(24(32)36-5)12-20(13-19)35-4/h6-13,21-22H,14-16H2,1-5H3,(H,28,31)(H,29,33). The van der Waals surface area contributed by atoms with E-state index in [-0.39, 0.29) is 30.9 Å². The summed E-state index contributed by atoms with van der Waals surface area (Å²) in [5.41, 5.74) is 0.539. The highest BCUT2D eigenvalue weighted by Gasteiger charge is 2.42. The molecule has 1 heterocycles. The van der Waals surface area contributed by atoms with Crippen molar-refractivity contribution in [2.45, 2.75) is 39.0 Å². The zero-order valence-corrected chi connectivity index (χ0v) is 22.1. The number of amides is 3. The number of hydrogen-bond acceptors (Lipinski definition) is 8. The fourth-order valence-electron chi connectivity index (χ4n) is 3.87. The minimum Gasteiger partial charge on any atom is -0.497 e. The van der Waals surface area contributed by atoms with Gasteiger partial charge in [-0.05, 0) is 38.5 Å². The molecule has 2 unspecified atom stereocenters. The Balaban J connectivity index is 1.76. The van der Waals surface area contributed by atoms with Crippen molar-refractivity contribution in [2.24, 2.45) is 5.92 Å². The summed E-state index contributed by atoms with van der Waals surface area (Å²) in [6.45, 7) is 5.31. The summed E-state index contributed by atoms with van der Waals surface area (Å²) in [6.07, 6.45) is -1.33. The van der Waals surface area contributed by atoms with E-state index in [0.29, 0.717) is 5.75 Å². The van der Waals surface area contributed by atoms with Gasteiger partial charge in [0, 0.05) is 24.8 Å². The molecule has 0 bridgehead atoms. The quantitative estimate of drug-likeness (QED) is 0.412. The second kappa shape index (κ2) is 12.3. The van der Waals surface area contributed by atoms with E-state index in [1.165, 1.54) is 31.3 Å². The van der Waals surface area contributed by atoms with E-state index in [9.17, 15) is 19.2 Å². The zero-order valence-electron chi connectivity index (χ0n) is 22.1. The van der Waals surface area contributed by atoms with Crippen LogP contribution in [0.1, 0.15) is 36.7 Å². The van der Waals surface area contributed by atoms with Crippen molar-refractivity contribution in [3.8, 4) is 5.75 Å². The Labute approximate surface area is 221 Å². The number of nitrogens with zero attached hydrogens (tertiary/aromatic N) is 1. The molecule has 2 atom stereocenters. The lowest BCUT2D eigenvalue weighted by molar-refractivity contribution is -0.119. The molecule has 2 N–H and O–H groups in total. The molecular weight excluding hydrogens is 494 g/mol. The number of carbonyl (C=O) groups excluding carboxylic acids is 4. The molecule has 3 rings (SSSR count). The van der Waals surface area contributed by atoms with Gasteiger partial charge in [-0.25, -0.2) is 14.4 Å². The first-order valence-electron chi connectivity index (χ1n) is 12.0. The monoisotopic (exact) mass is 527 g/mol. The maximum absolute atomic E-state index is 13.4. The molecule has 0 spiro atoms. The Bertz CT molecular complexity index is 1160. The summed E-state index contributed by atoms with van der Waals surface area (Å²) < 4.78 is 20.8. The molecule has 0 aliphatic carbocycles. The van der Waals surface area contributed by atoms with Gasteiger partial charge in [0.2, 0.25) is 5.91 Å². The van der Waals surface area contributed by atoms with Crippen molar-refractivity contribution in [1.29, 1.82) is 0 Å². The average molecular weight is 528 g/mol. The molecule has 38 heavy (non-hydrogen) atoms. The maximum atomic E-state index is 13.4. The highest BCUT2D eigenvalue weighted by atomic mass is 16.6. The highest BCUT2D eigenvalue weighted by molar-refractivity contribution is 5.97. The lowest BCUT2D eigenvalue weighted by Crippen LogP contribution is -2.44. The number of ether oxygens (including phenoxy) is 4. The van der Waals surface area contributed by atoms with E-state index in [1.807, 2.05) is 30.3 Å². The van der Waals surface area contributed by atoms with Gasteiger partial charge in [-0.1, -0.05) is 30.3 Å². The van der Waals surface area contributed by atoms with Gasteiger partial charge in [0.1, 0.15) is 18.0 Å². The van der Waals surface area contributed by atoms with Crippen LogP contribution >= 0.6 is 0 Å². The lowest BCUT2D eigenvalue weighted by atomic mass is 10.0. The Kier molecular flexibility index (Phi) is 9.16. The Morgan fingerprint density at radius 1 is 1.00 bits per heavy atom. The lowest BCUT2D eigenvalue weighted by Gasteiger charge is -2.24. The Morgan fingerprint density at radius 3 is 2.34 bits per heavy atom. The molecule has 0 radical (unpaired) electrons. The van der Waals surface area contributed by atoms with Gasteiger partial charge in [0.05, 0.1) is 31.7 Å². The van der Waals surface area contributed by atoms with Crippen molar-refractivity contribution in [1.82, 2.24) is 10.2 Å². The van der Waals surface area contributed by atoms with E-state index in [0.717, 1.165) is 5.56 Å². The SMILES string of the molecule is COC(=O)c1cc(NC(=O)C2CN(C(=O)OC(C)(C)C)CC2NC(=O)OCc2ccccc2)cc(OC)c1. The molecule has 2 aromatic carbocycles. The largest absolute Gasteiger partial charge is 0.497 e. The fraction of sp³-hybridized carbons (Fsp3) is 0.407. The molecule has 11 nitrogen and oxygen atoms in total. The molecule has 1 saturated heterocycles. The summed E-state index contributed by atoms with van der Waals surface area (Å²) >= 11 is 0. The van der Waals surface area contributed by atoms with Gasteiger partial charge in [-0.15, -0.1) is 0 Å². The van der Waals surface area contributed by atoms with Gasteiger partial charge in [-0.3, -0.25) is 4.79 Å². The summed E-state index contributed by atoms with van der Waals surface area (Å²) in [4.78, 5) is 52.0. The molecule has 204 valence electrons. The second-order valence-electron chi connectivity index (χ2n) is 9.74. The summed E-state index contributed by atoms with van der Waals surface area (Å²) in [6, 6.07) is 12.9. The smallest absolute Gasteiger partial charge is 0.410 e. The van der Waals surface area contributed by atoms with Gasteiger partial charge in [0.15, 0.2) is 0 Å². The first kappa shape index (κ1) is 28.3. The number of esters is 1. The van der Waals surface area contributed by atoms with Crippen LogP contribution in [0.5, 0.6) is 5.75 Å². The van der Waals surface area contributed by atoms with Gasteiger partial charge in [-0.2, -0.15) is 0 Å². The van der Waals surface area contributed by atoms with E-state index in [1.54, 1.807) is 26.8 Å². The van der Waals surface area contributed by atoms with Crippen LogP contribution in [0.2, 0.25) is 0 Å². The molecule has 0 saturated carbocycles. The molecule has 1 fully saturated rings. The minimum absolute atomic E-state index is 0.00178. The predicted octanol–water partition coefficient (Wildman–Crippen LogP) is 3.58. The molecule has 1 aliphatic heterocycles. The van der Waals surface area contributed by atoms with Crippen LogP contribution in [-0.2, 0) is 25.6 Å². The predicted molar refractivity (Wildman–Crippen MR) is 138 cm³/mol. The number of likely N-dealkylation sites (tertiary alicyclic amines) is 1. The van der Waals surface area contributed by atoms with Crippen LogP contribution in [0.25, 0.3) is 0 Å². The van der Waals surface area contributed by atoms with Gasteiger partial charge < -0.3 is 34.5 Å². The summed E-state index contributed by atoms with van der Waals surface area (Å²) in [5.74, 6) is -1.57. The third-order valence-electron chi connectivity index (χ3n) is 5.66. The van der Waals surface area contributed by atoms with Crippen LogP contribution in [0.15, 0.2) is 48.5 Å². The van der Waals surface area contributed by atoms with Crippen LogP contribution in [0.4, 0.5) is 15.3 Å². The number of hydrogen-bond donors (Lipinski definition) is 2. The van der Waals surface area contributed by atoms with Gasteiger partial charge >= 0.3 is 18.2 Å². The molecular formula is C27H33N3O8. The molecule has 2 aromatic rings. The van der Waals surface area contributed by atoms with Crippen molar-refractivity contribution in [3.63, 3.8) is 0 Å². The van der Waals surface area contributed by atoms with Crippen molar-refractivity contribution < 1.29 is 38.1 Å². The topological polar surface area (TPSA) is 133 Å². The number of carbonyl (C=O) groups is 4. The van der Waals surface area contributed by atoms with Crippen molar-refractivity contribution in [3.05, 3.63) is 59.7 Å². The average Bonchev–Trinajstić information content (AvgIpc) is 3.30. The summed E-state index contributed by atoms with van der Waals surface area (Å²) in [5, 5.41) is 5.45. The van der Waals surface area contributed by atoms with E-state index in [4.69, 9.17) is 18.9 Å². The first-order chi connectivity index (χ1) is 18.0. The minimum atomic E-state index is -0.834. The number of methoxy groups -OCH3 is 2. The van der Waals surface area contributed by atoms with Crippen LogP contribution in [0.3, 0.4) is 0 Å². The van der Waals surface area contributed by atoms with Crippen LogP contribution < -0.4 is 15.4 Å². The Hall–Kier alpha value is -4.28. The number of alkyl carbamates (subject to hydrolysis) is 1. The fourth-order valence-corrected chi connectivity index (χ4v) is 3.87. The zero-order chi connectivity index (χ0) is 27.9. The van der Waals surface area contributed by atoms with E-state index >= 15 is 0 Å². The van der Waals surface area contributed by atoms with Crippen molar-refractivity contribution >= 4 is 29.8 Å². The van der Waals surface area contributed by atoms with Crippen molar-refractivity contribution in [2.75, 3.05) is 32.6 Å². The summed E-state index contributed by atoms with van der Waals surface area (Å²) in [7, 11) is 2.68. The number of nitrogens with one attached hydrogen (secondary N) is 2. The molecule has 3 amide bonds. The van der Waals surface area contributed by atoms with E-state index < -0.39 is 41.6 Å². The van der Waals surface area contributed by atoms with Gasteiger partial charge in [0.25, 0.3) is 0 Å². The molecule has 1 aliphatic rings. The first-order valence-corrected chi connectivity index (χ1v) is 12.0. The van der Waals surface area contributed by atoms with E-state index in [2.05, 4.69) is 10.6 Å². The number of benzene rings is 2. The van der Waals surface area contributed by atoms with Crippen LogP contribution in [0, 0.1) is 5.92 Å². The third kappa shape index (κ3) is 7.86. The maximum Gasteiger partial charge on any atom is 0.410 e. The normalized spacial score (nSPS) is 16.8. The highest BCUT2D eigenvalue weighted by Crippen LogP contribution is 2.25. The Morgan fingerprint density at radius 2 is 1.71 bits per heavy atom. The van der Waals surface area contributed by atoms with Crippen LogP contribution in [-0.4, -0.2) is 67.9 Å². The third-order valence-corrected chi connectivity index (χ3v) is 5.66. The molecule has 0 aromatic heterocycles. The molecule has 11 heteroatoms. The second-order valence-corrected chi connectivity index (χ2v) is 9.74. The number of anilines is 1.